The van der Waals surface area contributed by atoms with E-state index in [2.05, 4.69) is 5.10 Å². The molecule has 0 fully saturated rings. The first-order valence-corrected chi connectivity index (χ1v) is 3.01. The highest BCUT2D eigenvalue weighted by molar-refractivity contribution is 4.78. The van der Waals surface area contributed by atoms with Crippen molar-refractivity contribution in [2.24, 2.45) is 7.05 Å². The largest absolute Gasteiger partial charge is 0.388 e. The number of nitrogens with zero attached hydrogens (tertiary/aromatic N) is 2. The first-order chi connectivity index (χ1) is 4.20. The van der Waals surface area contributed by atoms with Crippen LogP contribution in [0.25, 0.3) is 0 Å². The Balaban J connectivity index is 2.85. The summed E-state index contributed by atoms with van der Waals surface area (Å²) in [6, 6.07) is 0. The van der Waals surface area contributed by atoms with Gasteiger partial charge in [0.1, 0.15) is 0 Å². The summed E-state index contributed by atoms with van der Waals surface area (Å²) >= 11 is 0. The fraction of sp³-hybridized carbons (Fsp3) is 0.667. The van der Waals surface area contributed by atoms with Crippen molar-refractivity contribution in [3.8, 4) is 0 Å². The van der Waals surface area contributed by atoms with Gasteiger partial charge in [-0.1, -0.05) is 18.5 Å². The molecule has 9 heavy (non-hydrogen) atoms. The number of aromatic nitrogens is 2. The first kappa shape index (κ1) is 6.26. The van der Waals surface area contributed by atoms with E-state index in [4.69, 9.17) is 4.42 Å². The summed E-state index contributed by atoms with van der Waals surface area (Å²) < 4.78 is 6.74. The molecule has 0 atom stereocenters. The minimum atomic E-state index is 0.381. The van der Waals surface area contributed by atoms with Gasteiger partial charge in [0.15, 0.2) is 7.05 Å². The van der Waals surface area contributed by atoms with Gasteiger partial charge in [-0.3, -0.25) is 0 Å². The third-order valence-corrected chi connectivity index (χ3v) is 1.08. The standard InChI is InChI=1S/C6H11N2O/c1-5(2)6-7-8(3)4-9-6/h4-5H,1-3H3/q+1. The fourth-order valence-corrected chi connectivity index (χ4v) is 0.584. The Bertz CT molecular complexity index is 193. The van der Waals surface area contributed by atoms with Crippen molar-refractivity contribution < 1.29 is 9.10 Å². The summed E-state index contributed by atoms with van der Waals surface area (Å²) in [5.41, 5.74) is 0. The van der Waals surface area contributed by atoms with Gasteiger partial charge in [-0.2, -0.15) is 0 Å². The molecular formula is C6H11N2O+. The monoisotopic (exact) mass is 127 g/mol. The molecule has 0 aliphatic rings. The lowest BCUT2D eigenvalue weighted by Gasteiger charge is -1.88. The maximum Gasteiger partial charge on any atom is 0.361 e. The Hall–Kier alpha value is -0.860. The Labute approximate surface area is 54.3 Å². The maximum absolute atomic E-state index is 5.08. The van der Waals surface area contributed by atoms with Crippen molar-refractivity contribution in [3.63, 3.8) is 0 Å². The number of hydrogen-bond acceptors (Lipinski definition) is 2. The lowest BCUT2D eigenvalue weighted by molar-refractivity contribution is -0.731. The average molecular weight is 127 g/mol. The molecule has 3 heteroatoms. The van der Waals surface area contributed by atoms with Gasteiger partial charge in [0.25, 0.3) is 5.89 Å². The zero-order valence-corrected chi connectivity index (χ0v) is 5.96. The number of aryl methyl sites for hydroxylation is 1. The van der Waals surface area contributed by atoms with Gasteiger partial charge >= 0.3 is 6.39 Å². The van der Waals surface area contributed by atoms with Gasteiger partial charge in [-0.25, -0.2) is 0 Å². The van der Waals surface area contributed by atoms with Crippen LogP contribution in [0.15, 0.2) is 10.8 Å². The zero-order valence-electron chi connectivity index (χ0n) is 5.96. The molecular weight excluding hydrogens is 116 g/mol. The topological polar surface area (TPSA) is 29.9 Å². The van der Waals surface area contributed by atoms with E-state index in [1.54, 1.807) is 11.1 Å². The molecule has 0 N–H and O–H groups in total. The quantitative estimate of drug-likeness (QED) is 0.518. The van der Waals surface area contributed by atoms with E-state index in [0.29, 0.717) is 5.92 Å². The molecule has 0 unspecified atom stereocenters. The van der Waals surface area contributed by atoms with Gasteiger partial charge in [-0.05, 0) is 0 Å². The Kier molecular flexibility index (Phi) is 1.51. The minimum Gasteiger partial charge on any atom is -0.388 e. The SMILES string of the molecule is CC(C)c1n[n+](C)co1. The molecule has 1 aromatic heterocycles. The Morgan fingerprint density at radius 1 is 1.67 bits per heavy atom. The van der Waals surface area contributed by atoms with E-state index in [9.17, 15) is 0 Å². The van der Waals surface area contributed by atoms with Crippen molar-refractivity contribution in [2.75, 3.05) is 0 Å². The van der Waals surface area contributed by atoms with E-state index in [1.165, 1.54) is 0 Å². The molecule has 0 saturated carbocycles. The van der Waals surface area contributed by atoms with Gasteiger partial charge in [0, 0.05) is 11.0 Å². The molecule has 1 heterocycles. The molecule has 0 bridgehead atoms. The molecule has 0 aliphatic heterocycles. The van der Waals surface area contributed by atoms with Crippen LogP contribution in [0.3, 0.4) is 0 Å². The lowest BCUT2D eigenvalue weighted by atomic mass is 10.2. The summed E-state index contributed by atoms with van der Waals surface area (Å²) in [4.78, 5) is 0. The molecule has 1 aromatic rings. The molecule has 0 aliphatic carbocycles. The summed E-state index contributed by atoms with van der Waals surface area (Å²) in [6.07, 6.45) is 1.59. The first-order valence-electron chi connectivity index (χ1n) is 3.01. The zero-order chi connectivity index (χ0) is 6.85. The van der Waals surface area contributed by atoms with Crippen molar-refractivity contribution in [2.45, 2.75) is 19.8 Å². The van der Waals surface area contributed by atoms with Crippen molar-refractivity contribution in [1.29, 1.82) is 0 Å². The summed E-state index contributed by atoms with van der Waals surface area (Å²) in [7, 11) is 1.84. The molecule has 0 amide bonds. The molecule has 0 saturated heterocycles. The van der Waals surface area contributed by atoms with Gasteiger partial charge < -0.3 is 4.42 Å². The summed E-state index contributed by atoms with van der Waals surface area (Å²) in [5.74, 6) is 1.17. The van der Waals surface area contributed by atoms with Crippen LogP contribution in [-0.4, -0.2) is 5.10 Å². The van der Waals surface area contributed by atoms with Crippen molar-refractivity contribution in [1.82, 2.24) is 5.10 Å². The Morgan fingerprint density at radius 3 is 2.56 bits per heavy atom. The molecule has 50 valence electrons. The van der Waals surface area contributed by atoms with Crippen molar-refractivity contribution >= 4 is 0 Å². The van der Waals surface area contributed by atoms with E-state index in [0.717, 1.165) is 5.89 Å². The highest BCUT2D eigenvalue weighted by atomic mass is 16.4. The maximum atomic E-state index is 5.08. The van der Waals surface area contributed by atoms with Crippen molar-refractivity contribution in [3.05, 3.63) is 12.3 Å². The molecule has 0 aromatic carbocycles. The van der Waals surface area contributed by atoms with E-state index in [-0.39, 0.29) is 0 Å². The normalized spacial score (nSPS) is 10.7. The second kappa shape index (κ2) is 2.17. The third kappa shape index (κ3) is 1.28. The number of hydrogen-bond donors (Lipinski definition) is 0. The molecule has 1 rings (SSSR count). The van der Waals surface area contributed by atoms with E-state index >= 15 is 0 Å². The van der Waals surface area contributed by atoms with E-state index in [1.807, 2.05) is 20.9 Å². The van der Waals surface area contributed by atoms with Gasteiger partial charge in [0.2, 0.25) is 0 Å². The summed E-state index contributed by atoms with van der Waals surface area (Å²) in [5, 5.41) is 4.06. The minimum absolute atomic E-state index is 0.381. The van der Waals surface area contributed by atoms with Crippen LogP contribution >= 0.6 is 0 Å². The van der Waals surface area contributed by atoms with Crippen LogP contribution in [0.5, 0.6) is 0 Å². The predicted octanol–water partition coefficient (Wildman–Crippen LogP) is 0.622. The second-order valence-corrected chi connectivity index (χ2v) is 2.39. The van der Waals surface area contributed by atoms with Crippen LogP contribution in [0, 0.1) is 0 Å². The van der Waals surface area contributed by atoms with Crippen LogP contribution in [0.2, 0.25) is 0 Å². The Morgan fingerprint density at radius 2 is 2.33 bits per heavy atom. The molecule has 0 spiro atoms. The van der Waals surface area contributed by atoms with E-state index < -0.39 is 0 Å². The van der Waals surface area contributed by atoms with Gasteiger partial charge in [0.05, 0.1) is 0 Å². The van der Waals surface area contributed by atoms with Gasteiger partial charge in [-0.15, -0.1) is 0 Å². The highest BCUT2D eigenvalue weighted by Crippen LogP contribution is 2.07. The van der Waals surface area contributed by atoms with Crippen LogP contribution < -0.4 is 4.68 Å². The van der Waals surface area contributed by atoms with Crippen LogP contribution in [0.4, 0.5) is 0 Å². The van der Waals surface area contributed by atoms with Crippen LogP contribution in [-0.2, 0) is 7.05 Å². The average Bonchev–Trinajstić information content (AvgIpc) is 2.14. The van der Waals surface area contributed by atoms with Crippen LogP contribution in [0.1, 0.15) is 25.7 Å². The fourth-order valence-electron chi connectivity index (χ4n) is 0.584. The summed E-state index contributed by atoms with van der Waals surface area (Å²) in [6.45, 7) is 4.09. The molecule has 3 nitrogen and oxygen atoms in total. The highest BCUT2D eigenvalue weighted by Gasteiger charge is 2.09. The lowest BCUT2D eigenvalue weighted by Crippen LogP contribution is -2.28. The molecule has 0 radical (unpaired) electrons. The predicted molar refractivity (Wildman–Crippen MR) is 31.8 cm³/mol. The second-order valence-electron chi connectivity index (χ2n) is 2.39. The smallest absolute Gasteiger partial charge is 0.361 e. The number of rotatable bonds is 1. The third-order valence-electron chi connectivity index (χ3n) is 1.08.